The number of aromatic nitrogens is 1. The van der Waals surface area contributed by atoms with Crippen LogP contribution in [-0.4, -0.2) is 30.1 Å². The molecule has 3 N–H and O–H groups in total. The van der Waals surface area contributed by atoms with Crippen molar-refractivity contribution in [3.63, 3.8) is 0 Å². The summed E-state index contributed by atoms with van der Waals surface area (Å²) in [6.07, 6.45) is 7.65. The summed E-state index contributed by atoms with van der Waals surface area (Å²) in [6, 6.07) is 1.63. The van der Waals surface area contributed by atoms with Gasteiger partial charge in [-0.25, -0.2) is 0 Å². The van der Waals surface area contributed by atoms with Crippen LogP contribution in [-0.2, 0) is 4.74 Å². The zero-order valence-electron chi connectivity index (χ0n) is 10.4. The van der Waals surface area contributed by atoms with E-state index in [0.29, 0.717) is 17.8 Å². The smallest absolute Gasteiger partial charge is 0.253 e. The second-order valence-electron chi connectivity index (χ2n) is 4.50. The van der Waals surface area contributed by atoms with Crippen molar-refractivity contribution in [1.82, 2.24) is 10.3 Å². The molecule has 2 rings (SSSR count). The topological polar surface area (TPSA) is 77.2 Å². The number of carbonyl (C=O) groups excluding carboxylic acids is 1. The molecule has 0 bridgehead atoms. The molecule has 1 atom stereocenters. The van der Waals surface area contributed by atoms with E-state index in [1.54, 1.807) is 12.3 Å². The first-order valence-electron chi connectivity index (χ1n) is 6.36. The van der Waals surface area contributed by atoms with Crippen LogP contribution in [0.4, 0.5) is 5.69 Å². The summed E-state index contributed by atoms with van der Waals surface area (Å²) >= 11 is 0. The fourth-order valence-corrected chi connectivity index (χ4v) is 2.09. The molecule has 2 heterocycles. The molecule has 18 heavy (non-hydrogen) atoms. The number of hydrogen-bond donors (Lipinski definition) is 2. The zero-order valence-corrected chi connectivity index (χ0v) is 10.4. The van der Waals surface area contributed by atoms with Crippen LogP contribution in [0.2, 0.25) is 0 Å². The Bertz CT molecular complexity index is 403. The van der Waals surface area contributed by atoms with Crippen LogP contribution >= 0.6 is 0 Å². The van der Waals surface area contributed by atoms with E-state index < -0.39 is 0 Å². The quantitative estimate of drug-likeness (QED) is 0.844. The molecule has 0 spiro atoms. The lowest BCUT2D eigenvalue weighted by atomic mass is 10.1. The van der Waals surface area contributed by atoms with Crippen molar-refractivity contribution >= 4 is 11.6 Å². The van der Waals surface area contributed by atoms with Gasteiger partial charge in [-0.2, -0.15) is 0 Å². The number of carbonyl (C=O) groups is 1. The van der Waals surface area contributed by atoms with E-state index in [1.165, 1.54) is 12.6 Å². The maximum atomic E-state index is 11.8. The van der Waals surface area contributed by atoms with Crippen LogP contribution in [0.15, 0.2) is 18.5 Å². The summed E-state index contributed by atoms with van der Waals surface area (Å²) in [4.78, 5) is 15.7. The number of nitrogens with zero attached hydrogens (tertiary/aromatic N) is 1. The van der Waals surface area contributed by atoms with E-state index in [1.807, 2.05) is 0 Å². The summed E-state index contributed by atoms with van der Waals surface area (Å²) in [5.41, 5.74) is 6.58. The third-order valence-corrected chi connectivity index (χ3v) is 3.12. The Morgan fingerprint density at radius 3 is 3.17 bits per heavy atom. The number of hydrogen-bond acceptors (Lipinski definition) is 4. The average Bonchev–Trinajstić information content (AvgIpc) is 2.40. The first kappa shape index (κ1) is 12.8. The third kappa shape index (κ3) is 3.43. The molecule has 5 heteroatoms. The zero-order chi connectivity index (χ0) is 12.8. The van der Waals surface area contributed by atoms with Gasteiger partial charge in [0.05, 0.1) is 23.6 Å². The molecule has 1 amide bonds. The Kier molecular flexibility index (Phi) is 4.52. The molecule has 5 nitrogen and oxygen atoms in total. The van der Waals surface area contributed by atoms with Crippen molar-refractivity contribution in [1.29, 1.82) is 0 Å². The van der Waals surface area contributed by atoms with Gasteiger partial charge in [-0.05, 0) is 31.7 Å². The number of anilines is 1. The van der Waals surface area contributed by atoms with Crippen LogP contribution in [0.1, 0.15) is 36.0 Å². The molecular formula is C13H19N3O2. The molecule has 1 aliphatic rings. The molecule has 0 radical (unpaired) electrons. The van der Waals surface area contributed by atoms with Crippen LogP contribution in [0.3, 0.4) is 0 Å². The lowest BCUT2D eigenvalue weighted by molar-refractivity contribution is 0.0117. The monoisotopic (exact) mass is 249 g/mol. The van der Waals surface area contributed by atoms with Crippen LogP contribution in [0.5, 0.6) is 0 Å². The minimum atomic E-state index is -0.147. The van der Waals surface area contributed by atoms with E-state index in [4.69, 9.17) is 10.5 Å². The summed E-state index contributed by atoms with van der Waals surface area (Å²) in [6.45, 7) is 1.46. The number of amides is 1. The van der Waals surface area contributed by atoms with Gasteiger partial charge < -0.3 is 15.8 Å². The molecule has 1 fully saturated rings. The van der Waals surface area contributed by atoms with Gasteiger partial charge >= 0.3 is 0 Å². The second-order valence-corrected chi connectivity index (χ2v) is 4.50. The molecule has 98 valence electrons. The number of nitrogen functional groups attached to an aromatic ring is 1. The number of nitrogens with two attached hydrogens (primary N) is 1. The fourth-order valence-electron chi connectivity index (χ4n) is 2.09. The molecule has 1 aliphatic heterocycles. The van der Waals surface area contributed by atoms with E-state index in [9.17, 15) is 4.79 Å². The average molecular weight is 249 g/mol. The van der Waals surface area contributed by atoms with Gasteiger partial charge in [0, 0.05) is 19.3 Å². The largest absolute Gasteiger partial charge is 0.397 e. The Labute approximate surface area is 107 Å². The Morgan fingerprint density at radius 2 is 2.44 bits per heavy atom. The maximum absolute atomic E-state index is 11.8. The van der Waals surface area contributed by atoms with Gasteiger partial charge in [0.2, 0.25) is 0 Å². The maximum Gasteiger partial charge on any atom is 0.253 e. The molecule has 0 aliphatic carbocycles. The summed E-state index contributed by atoms with van der Waals surface area (Å²) in [5.74, 6) is -0.147. The second kappa shape index (κ2) is 6.35. The normalized spacial score (nSPS) is 19.4. The van der Waals surface area contributed by atoms with Crippen molar-refractivity contribution < 1.29 is 9.53 Å². The summed E-state index contributed by atoms with van der Waals surface area (Å²) in [5, 5.41) is 2.86. The first-order chi connectivity index (χ1) is 8.77. The van der Waals surface area contributed by atoms with Crippen molar-refractivity contribution in [3.05, 3.63) is 24.0 Å². The van der Waals surface area contributed by atoms with Gasteiger partial charge in [-0.1, -0.05) is 0 Å². The predicted molar refractivity (Wildman–Crippen MR) is 69.2 cm³/mol. The van der Waals surface area contributed by atoms with Gasteiger partial charge in [0.15, 0.2) is 0 Å². The third-order valence-electron chi connectivity index (χ3n) is 3.12. The highest BCUT2D eigenvalue weighted by atomic mass is 16.5. The minimum absolute atomic E-state index is 0.147. The Hall–Kier alpha value is -1.62. The highest BCUT2D eigenvalue weighted by molar-refractivity contribution is 5.98. The summed E-state index contributed by atoms with van der Waals surface area (Å²) < 4.78 is 5.60. The van der Waals surface area contributed by atoms with Gasteiger partial charge in [0.25, 0.3) is 5.91 Å². The summed E-state index contributed by atoms with van der Waals surface area (Å²) in [7, 11) is 0. The SMILES string of the molecule is Nc1cnccc1C(=O)NCCC1CCCCO1. The predicted octanol–water partition coefficient (Wildman–Crippen LogP) is 1.35. The number of ether oxygens (including phenoxy) is 1. The molecule has 0 aromatic carbocycles. The minimum Gasteiger partial charge on any atom is -0.397 e. The van der Waals surface area contributed by atoms with Crippen LogP contribution in [0, 0.1) is 0 Å². The number of rotatable bonds is 4. The molecule has 1 unspecified atom stereocenters. The van der Waals surface area contributed by atoms with Crippen LogP contribution < -0.4 is 11.1 Å². The highest BCUT2D eigenvalue weighted by Crippen LogP contribution is 2.15. The number of nitrogens with one attached hydrogen (secondary N) is 1. The molecular weight excluding hydrogens is 230 g/mol. The van der Waals surface area contributed by atoms with Crippen molar-refractivity contribution in [2.75, 3.05) is 18.9 Å². The van der Waals surface area contributed by atoms with Crippen LogP contribution in [0.25, 0.3) is 0 Å². The lowest BCUT2D eigenvalue weighted by Crippen LogP contribution is -2.29. The highest BCUT2D eigenvalue weighted by Gasteiger charge is 2.14. The van der Waals surface area contributed by atoms with Gasteiger partial charge in [0.1, 0.15) is 0 Å². The fraction of sp³-hybridized carbons (Fsp3) is 0.538. The van der Waals surface area contributed by atoms with Gasteiger partial charge in [-0.3, -0.25) is 9.78 Å². The van der Waals surface area contributed by atoms with E-state index in [-0.39, 0.29) is 12.0 Å². The Balaban J connectivity index is 1.76. The Morgan fingerprint density at radius 1 is 1.56 bits per heavy atom. The first-order valence-corrected chi connectivity index (χ1v) is 6.36. The molecule has 1 aromatic heterocycles. The van der Waals surface area contributed by atoms with Crippen molar-refractivity contribution in [3.8, 4) is 0 Å². The van der Waals surface area contributed by atoms with Gasteiger partial charge in [-0.15, -0.1) is 0 Å². The lowest BCUT2D eigenvalue weighted by Gasteiger charge is -2.22. The molecule has 1 aromatic rings. The number of pyridine rings is 1. The van der Waals surface area contributed by atoms with Crippen molar-refractivity contribution in [2.45, 2.75) is 31.8 Å². The van der Waals surface area contributed by atoms with E-state index >= 15 is 0 Å². The van der Waals surface area contributed by atoms with Crippen molar-refractivity contribution in [2.24, 2.45) is 0 Å². The van der Waals surface area contributed by atoms with E-state index in [2.05, 4.69) is 10.3 Å². The standard InChI is InChI=1S/C13H19N3O2/c14-12-9-15-6-5-11(12)13(17)16-7-4-10-3-1-2-8-18-10/h5-6,9-10H,1-4,7-8,14H2,(H,16,17). The molecule has 1 saturated heterocycles. The molecule has 0 saturated carbocycles. The van der Waals surface area contributed by atoms with E-state index in [0.717, 1.165) is 25.9 Å².